The highest BCUT2D eigenvalue weighted by molar-refractivity contribution is 5.99. The molecule has 0 fully saturated rings. The Morgan fingerprint density at radius 2 is 2.13 bits per heavy atom. The van der Waals surface area contributed by atoms with Gasteiger partial charge in [-0.2, -0.15) is 0 Å². The van der Waals surface area contributed by atoms with Crippen LogP contribution in [-0.2, 0) is 0 Å². The molecule has 5 nitrogen and oxygen atoms in total. The topological polar surface area (TPSA) is 43.2 Å². The van der Waals surface area contributed by atoms with Gasteiger partial charge in [-0.05, 0) is 13.3 Å². The summed E-state index contributed by atoms with van der Waals surface area (Å²) in [6, 6.07) is 0. The molecule has 0 aromatic heterocycles. The maximum Gasteiger partial charge on any atom is 0.205 e. The summed E-state index contributed by atoms with van der Waals surface area (Å²) >= 11 is 0. The molecular weight excluding hydrogens is 190 g/mol. The van der Waals surface area contributed by atoms with Crippen molar-refractivity contribution in [3.8, 4) is 0 Å². The van der Waals surface area contributed by atoms with E-state index < -0.39 is 0 Å². The molecule has 86 valence electrons. The van der Waals surface area contributed by atoms with Crippen LogP contribution in [0.5, 0.6) is 0 Å². The van der Waals surface area contributed by atoms with Crippen LogP contribution in [0, 0.1) is 0 Å². The fraction of sp³-hybridized carbons (Fsp3) is 0.800. The summed E-state index contributed by atoms with van der Waals surface area (Å²) in [7, 11) is 5.92. The number of hydrogen-bond acceptors (Lipinski definition) is 5. The number of nitrogens with one attached hydrogen (secondary N) is 1. The number of hydrogen-bond donors (Lipinski definition) is 1. The molecule has 0 saturated carbocycles. The Morgan fingerprint density at radius 3 is 2.67 bits per heavy atom. The third-order valence-electron chi connectivity index (χ3n) is 2.35. The molecule has 15 heavy (non-hydrogen) atoms. The predicted octanol–water partition coefficient (Wildman–Crippen LogP) is 0.551. The first-order valence-corrected chi connectivity index (χ1v) is 5.38. The fourth-order valence-electron chi connectivity index (χ4n) is 1.66. The molecule has 0 spiro atoms. The van der Waals surface area contributed by atoms with Crippen molar-refractivity contribution in [1.29, 1.82) is 0 Å². The third kappa shape index (κ3) is 2.61. The van der Waals surface area contributed by atoms with Crippen LogP contribution >= 0.6 is 0 Å². The molecule has 1 heterocycles. The lowest BCUT2D eigenvalue weighted by atomic mass is 10.4. The van der Waals surface area contributed by atoms with E-state index in [-0.39, 0.29) is 6.17 Å². The second-order valence-electron chi connectivity index (χ2n) is 3.74. The van der Waals surface area contributed by atoms with E-state index in [1.165, 1.54) is 0 Å². The number of guanidine groups is 2. The molecule has 1 unspecified atom stereocenters. The van der Waals surface area contributed by atoms with Gasteiger partial charge in [-0.15, -0.1) is 0 Å². The molecule has 1 aliphatic heterocycles. The van der Waals surface area contributed by atoms with E-state index in [2.05, 4.69) is 34.2 Å². The van der Waals surface area contributed by atoms with E-state index in [9.17, 15) is 0 Å². The maximum absolute atomic E-state index is 4.52. The molecule has 0 bridgehead atoms. The summed E-state index contributed by atoms with van der Waals surface area (Å²) in [6.07, 6.45) is 1.11. The van der Waals surface area contributed by atoms with Gasteiger partial charge in [-0.1, -0.05) is 6.92 Å². The lowest BCUT2D eigenvalue weighted by molar-refractivity contribution is 0.431. The van der Waals surface area contributed by atoms with Crippen molar-refractivity contribution >= 4 is 11.9 Å². The quantitative estimate of drug-likeness (QED) is 0.725. The minimum Gasteiger partial charge on any atom is -0.359 e. The zero-order valence-electron chi connectivity index (χ0n) is 10.3. The number of nitrogens with zero attached hydrogens (tertiary/aromatic N) is 4. The molecule has 0 aromatic carbocycles. The van der Waals surface area contributed by atoms with E-state index in [4.69, 9.17) is 0 Å². The van der Waals surface area contributed by atoms with E-state index in [1.807, 2.05) is 25.9 Å². The number of aliphatic imine (C=N–C) groups is 2. The van der Waals surface area contributed by atoms with Gasteiger partial charge in [0.05, 0.1) is 0 Å². The van der Waals surface area contributed by atoms with Gasteiger partial charge in [-0.25, -0.2) is 9.98 Å². The van der Waals surface area contributed by atoms with Crippen molar-refractivity contribution in [2.75, 3.05) is 27.7 Å². The average Bonchev–Trinajstić information content (AvgIpc) is 2.21. The molecule has 0 amide bonds. The minimum atomic E-state index is -0.00189. The van der Waals surface area contributed by atoms with Crippen molar-refractivity contribution in [3.05, 3.63) is 0 Å². The second kappa shape index (κ2) is 5.00. The van der Waals surface area contributed by atoms with Gasteiger partial charge in [0.15, 0.2) is 0 Å². The molecule has 1 atom stereocenters. The van der Waals surface area contributed by atoms with E-state index in [1.54, 1.807) is 0 Å². The van der Waals surface area contributed by atoms with Crippen LogP contribution in [0.15, 0.2) is 9.98 Å². The SMILES string of the molecule is CCCN(C)C1=NC(C)N=C(NC)N1C. The first kappa shape index (κ1) is 11.8. The van der Waals surface area contributed by atoms with Gasteiger partial charge in [-0.3, -0.25) is 4.90 Å². The fourth-order valence-corrected chi connectivity index (χ4v) is 1.66. The summed E-state index contributed by atoms with van der Waals surface area (Å²) in [4.78, 5) is 13.0. The predicted molar refractivity (Wildman–Crippen MR) is 64.1 cm³/mol. The summed E-state index contributed by atoms with van der Waals surface area (Å²) in [5.74, 6) is 1.85. The van der Waals surface area contributed by atoms with E-state index in [0.717, 1.165) is 24.9 Å². The molecule has 5 heteroatoms. The van der Waals surface area contributed by atoms with E-state index in [0.29, 0.717) is 0 Å². The maximum atomic E-state index is 4.52. The van der Waals surface area contributed by atoms with Crippen molar-refractivity contribution in [2.45, 2.75) is 26.4 Å². The van der Waals surface area contributed by atoms with Crippen LogP contribution in [0.25, 0.3) is 0 Å². The third-order valence-corrected chi connectivity index (χ3v) is 2.35. The molecule has 0 aromatic rings. The molecule has 1 rings (SSSR count). The zero-order chi connectivity index (χ0) is 11.4. The van der Waals surface area contributed by atoms with Gasteiger partial charge in [0, 0.05) is 27.7 Å². The second-order valence-corrected chi connectivity index (χ2v) is 3.74. The van der Waals surface area contributed by atoms with Crippen LogP contribution < -0.4 is 5.32 Å². The highest BCUT2D eigenvalue weighted by Crippen LogP contribution is 2.07. The molecule has 0 aliphatic carbocycles. The van der Waals surface area contributed by atoms with Crippen LogP contribution in [0.2, 0.25) is 0 Å². The van der Waals surface area contributed by atoms with Crippen molar-refractivity contribution in [3.63, 3.8) is 0 Å². The molecule has 0 radical (unpaired) electrons. The van der Waals surface area contributed by atoms with Crippen LogP contribution in [0.3, 0.4) is 0 Å². The van der Waals surface area contributed by atoms with Crippen molar-refractivity contribution < 1.29 is 0 Å². The van der Waals surface area contributed by atoms with E-state index >= 15 is 0 Å². The van der Waals surface area contributed by atoms with Gasteiger partial charge >= 0.3 is 0 Å². The summed E-state index contributed by atoms with van der Waals surface area (Å²) < 4.78 is 0. The zero-order valence-corrected chi connectivity index (χ0v) is 10.3. The Kier molecular flexibility index (Phi) is 3.94. The highest BCUT2D eigenvalue weighted by atomic mass is 15.4. The van der Waals surface area contributed by atoms with Crippen LogP contribution in [0.4, 0.5) is 0 Å². The highest BCUT2D eigenvalue weighted by Gasteiger charge is 2.21. The molecule has 1 N–H and O–H groups in total. The monoisotopic (exact) mass is 211 g/mol. The summed E-state index contributed by atoms with van der Waals surface area (Å²) in [5, 5.41) is 3.08. The smallest absolute Gasteiger partial charge is 0.205 e. The Bertz CT molecular complexity index is 271. The van der Waals surface area contributed by atoms with Crippen molar-refractivity contribution in [2.24, 2.45) is 9.98 Å². The van der Waals surface area contributed by atoms with Gasteiger partial charge in [0.1, 0.15) is 6.17 Å². The lowest BCUT2D eigenvalue weighted by Gasteiger charge is -2.33. The van der Waals surface area contributed by atoms with Crippen molar-refractivity contribution in [1.82, 2.24) is 15.1 Å². The Balaban J connectivity index is 2.80. The summed E-state index contributed by atoms with van der Waals surface area (Å²) in [5.41, 5.74) is 0. The van der Waals surface area contributed by atoms with Crippen LogP contribution in [0.1, 0.15) is 20.3 Å². The standard InChI is InChI=1S/C10H21N5/c1-6-7-14(4)10-13-8(2)12-9(11-3)15(10)5/h8H,6-7H2,1-5H3,(H,11,12). The molecular formula is C10H21N5. The first-order chi connectivity index (χ1) is 7.10. The average molecular weight is 211 g/mol. The molecule has 1 aliphatic rings. The van der Waals surface area contributed by atoms with Crippen LogP contribution in [-0.4, -0.2) is 55.6 Å². The summed E-state index contributed by atoms with van der Waals surface area (Å²) in [6.45, 7) is 5.16. The lowest BCUT2D eigenvalue weighted by Crippen LogP contribution is -2.50. The normalized spacial score (nSPS) is 20.9. The number of rotatable bonds is 2. The Labute approximate surface area is 91.9 Å². The van der Waals surface area contributed by atoms with Gasteiger partial charge in [0.2, 0.25) is 11.9 Å². The largest absolute Gasteiger partial charge is 0.359 e. The van der Waals surface area contributed by atoms with Gasteiger partial charge in [0.25, 0.3) is 0 Å². The minimum absolute atomic E-state index is 0.00189. The molecule has 0 saturated heterocycles. The van der Waals surface area contributed by atoms with Gasteiger partial charge < -0.3 is 10.2 Å². The Morgan fingerprint density at radius 1 is 1.47 bits per heavy atom. The first-order valence-electron chi connectivity index (χ1n) is 5.38. The Hall–Kier alpha value is -1.26.